The third-order valence-corrected chi connectivity index (χ3v) is 3.49. The zero-order valence-electron chi connectivity index (χ0n) is 14.4. The van der Waals surface area contributed by atoms with E-state index in [-0.39, 0.29) is 5.76 Å². The molecule has 0 spiro atoms. The highest BCUT2D eigenvalue weighted by molar-refractivity contribution is 5.80. The quantitative estimate of drug-likeness (QED) is 0.176. The number of allylic oxidation sites excluding steroid dienone is 6. The van der Waals surface area contributed by atoms with Gasteiger partial charge < -0.3 is 10.2 Å². The van der Waals surface area contributed by atoms with Crippen molar-refractivity contribution in [3.05, 3.63) is 48.3 Å². The minimum Gasteiger partial charge on any atom is -0.508 e. The molecule has 130 valence electrons. The van der Waals surface area contributed by atoms with Crippen molar-refractivity contribution in [2.45, 2.75) is 71.1 Å². The summed E-state index contributed by atoms with van der Waals surface area (Å²) in [6, 6.07) is 0. The lowest BCUT2D eigenvalue weighted by Gasteiger charge is -2.00. The normalized spacial score (nSPS) is 12.8. The minimum absolute atomic E-state index is 0.181. The van der Waals surface area contributed by atoms with Crippen molar-refractivity contribution < 1.29 is 15.0 Å². The fraction of sp³-hybridized carbons (Fsp3) is 0.550. The molecule has 3 nitrogen and oxygen atoms in total. The number of carboxylic acids is 1. The highest BCUT2D eigenvalue weighted by Gasteiger charge is 1.91. The first-order valence-corrected chi connectivity index (χ1v) is 8.80. The Morgan fingerprint density at radius 3 is 2.00 bits per heavy atom. The molecule has 0 bridgehead atoms. The van der Waals surface area contributed by atoms with Crippen molar-refractivity contribution in [2.75, 3.05) is 0 Å². The third-order valence-electron chi connectivity index (χ3n) is 3.49. The van der Waals surface area contributed by atoms with E-state index in [2.05, 4.69) is 6.92 Å². The highest BCUT2D eigenvalue weighted by atomic mass is 16.4. The summed E-state index contributed by atoms with van der Waals surface area (Å²) in [5.41, 5.74) is 0. The summed E-state index contributed by atoms with van der Waals surface area (Å²) in [7, 11) is 0. The van der Waals surface area contributed by atoms with Crippen LogP contribution in [0.25, 0.3) is 0 Å². The van der Waals surface area contributed by atoms with Crippen molar-refractivity contribution >= 4 is 5.97 Å². The number of carbonyl (C=O) groups is 1. The average Bonchev–Trinajstić information content (AvgIpc) is 2.52. The molecule has 0 aromatic heterocycles. The number of aliphatic hydroxyl groups is 1. The Morgan fingerprint density at radius 2 is 1.39 bits per heavy atom. The standard InChI is InChI=1S/C20H32O3/c1-2-3-4-5-6-7-8-9-10-11-13-16-19(21)17-14-12-15-18-20(22)23/h12-18,21H,2-11H2,1H3,(H,22,23)/b14-12+,16-13+,18-15+,19-17+. The van der Waals surface area contributed by atoms with Gasteiger partial charge in [-0.05, 0) is 25.0 Å². The van der Waals surface area contributed by atoms with Crippen LogP contribution in [0.3, 0.4) is 0 Å². The molecule has 2 N–H and O–H groups in total. The van der Waals surface area contributed by atoms with E-state index < -0.39 is 5.97 Å². The smallest absolute Gasteiger partial charge is 0.328 e. The lowest BCUT2D eigenvalue weighted by molar-refractivity contribution is -0.131. The molecule has 0 unspecified atom stereocenters. The van der Waals surface area contributed by atoms with Crippen LogP contribution in [0.1, 0.15) is 71.1 Å². The first kappa shape index (κ1) is 21.2. The van der Waals surface area contributed by atoms with Crippen LogP contribution in [0.4, 0.5) is 0 Å². The molecule has 3 heteroatoms. The van der Waals surface area contributed by atoms with E-state index in [1.807, 2.05) is 6.08 Å². The van der Waals surface area contributed by atoms with Crippen molar-refractivity contribution in [3.63, 3.8) is 0 Å². The number of hydrogen-bond donors (Lipinski definition) is 2. The van der Waals surface area contributed by atoms with E-state index in [1.165, 1.54) is 57.4 Å². The Hall–Kier alpha value is -1.77. The maximum absolute atomic E-state index is 10.2. The summed E-state index contributed by atoms with van der Waals surface area (Å²) in [4.78, 5) is 10.2. The lowest BCUT2D eigenvalue weighted by Crippen LogP contribution is -1.84. The Labute approximate surface area is 141 Å². The van der Waals surface area contributed by atoms with Gasteiger partial charge in [0.15, 0.2) is 0 Å². The van der Waals surface area contributed by atoms with Crippen LogP contribution in [-0.4, -0.2) is 16.2 Å². The van der Waals surface area contributed by atoms with Crippen LogP contribution >= 0.6 is 0 Å². The summed E-state index contributed by atoms with van der Waals surface area (Å²) < 4.78 is 0. The van der Waals surface area contributed by atoms with Crippen molar-refractivity contribution in [3.8, 4) is 0 Å². The van der Waals surface area contributed by atoms with Crippen LogP contribution in [0, 0.1) is 0 Å². The Balaban J connectivity index is 3.56. The van der Waals surface area contributed by atoms with Gasteiger partial charge in [0.25, 0.3) is 0 Å². The summed E-state index contributed by atoms with van der Waals surface area (Å²) in [6.45, 7) is 2.24. The van der Waals surface area contributed by atoms with Crippen LogP contribution in [-0.2, 0) is 4.79 Å². The van der Waals surface area contributed by atoms with Gasteiger partial charge in [-0.15, -0.1) is 0 Å². The molecular weight excluding hydrogens is 288 g/mol. The monoisotopic (exact) mass is 320 g/mol. The van der Waals surface area contributed by atoms with Crippen LogP contribution in [0.2, 0.25) is 0 Å². The molecule has 0 aliphatic heterocycles. The van der Waals surface area contributed by atoms with Gasteiger partial charge in [0.1, 0.15) is 5.76 Å². The molecule has 0 aromatic rings. The summed E-state index contributed by atoms with van der Waals surface area (Å²) >= 11 is 0. The molecule has 0 aliphatic carbocycles. The summed E-state index contributed by atoms with van der Waals surface area (Å²) in [6.07, 6.45) is 23.7. The number of hydrogen-bond acceptors (Lipinski definition) is 2. The largest absolute Gasteiger partial charge is 0.508 e. The molecule has 0 heterocycles. The van der Waals surface area contributed by atoms with Gasteiger partial charge in [-0.3, -0.25) is 0 Å². The Morgan fingerprint density at radius 1 is 0.783 bits per heavy atom. The second-order valence-corrected chi connectivity index (χ2v) is 5.69. The SMILES string of the molecule is CCCCCCCCCCC/C=C/C(O)=C\C=C\C=C\C(=O)O. The number of rotatable bonds is 14. The maximum Gasteiger partial charge on any atom is 0.328 e. The topological polar surface area (TPSA) is 57.5 Å². The number of unbranched alkanes of at least 4 members (excludes halogenated alkanes) is 9. The van der Waals surface area contributed by atoms with E-state index in [0.29, 0.717) is 0 Å². The molecule has 23 heavy (non-hydrogen) atoms. The van der Waals surface area contributed by atoms with Gasteiger partial charge in [0.05, 0.1) is 0 Å². The number of carboxylic acid groups (broad SMARTS) is 1. The molecule has 0 radical (unpaired) electrons. The summed E-state index contributed by atoms with van der Waals surface area (Å²) in [5.74, 6) is -0.801. The second-order valence-electron chi connectivity index (χ2n) is 5.69. The predicted molar refractivity (Wildman–Crippen MR) is 97.6 cm³/mol. The lowest BCUT2D eigenvalue weighted by atomic mass is 10.1. The van der Waals surface area contributed by atoms with E-state index in [0.717, 1.165) is 18.9 Å². The van der Waals surface area contributed by atoms with Crippen LogP contribution in [0.5, 0.6) is 0 Å². The molecule has 0 aliphatic rings. The molecule has 0 rings (SSSR count). The fourth-order valence-corrected chi connectivity index (χ4v) is 2.19. The van der Waals surface area contributed by atoms with E-state index in [4.69, 9.17) is 5.11 Å². The molecule has 0 fully saturated rings. The minimum atomic E-state index is -0.983. The second kappa shape index (κ2) is 16.6. The zero-order valence-corrected chi connectivity index (χ0v) is 14.4. The molecule has 0 saturated heterocycles. The van der Waals surface area contributed by atoms with E-state index in [9.17, 15) is 9.90 Å². The highest BCUT2D eigenvalue weighted by Crippen LogP contribution is 2.10. The van der Waals surface area contributed by atoms with Crippen LogP contribution < -0.4 is 0 Å². The number of aliphatic hydroxyl groups excluding tert-OH is 1. The van der Waals surface area contributed by atoms with Gasteiger partial charge in [-0.2, -0.15) is 0 Å². The third kappa shape index (κ3) is 18.2. The van der Waals surface area contributed by atoms with Crippen molar-refractivity contribution in [1.29, 1.82) is 0 Å². The maximum atomic E-state index is 10.2. The van der Waals surface area contributed by atoms with Gasteiger partial charge in [-0.25, -0.2) is 4.79 Å². The first-order valence-electron chi connectivity index (χ1n) is 8.80. The molecule has 0 saturated carbocycles. The van der Waals surface area contributed by atoms with Gasteiger partial charge in [0, 0.05) is 6.08 Å². The van der Waals surface area contributed by atoms with Gasteiger partial charge in [0.2, 0.25) is 0 Å². The summed E-state index contributed by atoms with van der Waals surface area (Å²) in [5, 5.41) is 18.0. The Kier molecular flexibility index (Phi) is 15.3. The Bertz CT molecular complexity index is 403. The predicted octanol–water partition coefficient (Wildman–Crippen LogP) is 6.10. The van der Waals surface area contributed by atoms with Crippen LogP contribution in [0.15, 0.2) is 48.3 Å². The average molecular weight is 320 g/mol. The van der Waals surface area contributed by atoms with Crippen molar-refractivity contribution in [1.82, 2.24) is 0 Å². The molecule has 0 amide bonds. The van der Waals surface area contributed by atoms with E-state index in [1.54, 1.807) is 24.3 Å². The van der Waals surface area contributed by atoms with Gasteiger partial charge in [-0.1, -0.05) is 82.6 Å². The van der Waals surface area contributed by atoms with E-state index >= 15 is 0 Å². The zero-order chi connectivity index (χ0) is 17.2. The number of aliphatic carboxylic acids is 1. The molecular formula is C20H32O3. The first-order chi connectivity index (χ1) is 11.2. The molecule has 0 aromatic carbocycles. The molecule has 0 atom stereocenters. The fourth-order valence-electron chi connectivity index (χ4n) is 2.19. The van der Waals surface area contributed by atoms with Gasteiger partial charge >= 0.3 is 5.97 Å². The van der Waals surface area contributed by atoms with Crippen molar-refractivity contribution in [2.24, 2.45) is 0 Å².